The van der Waals surface area contributed by atoms with Gasteiger partial charge in [-0.2, -0.15) is 0 Å². The zero-order chi connectivity index (χ0) is 10.6. The van der Waals surface area contributed by atoms with Gasteiger partial charge >= 0.3 is 0 Å². The zero-order valence-corrected chi connectivity index (χ0v) is 8.91. The second-order valence-corrected chi connectivity index (χ2v) is 3.67. The maximum atomic E-state index is 10.2. The second-order valence-electron chi connectivity index (χ2n) is 3.67. The first-order valence-electron chi connectivity index (χ1n) is 4.82. The van der Waals surface area contributed by atoms with Crippen molar-refractivity contribution < 1.29 is 9.53 Å². The first-order chi connectivity index (χ1) is 6.65. The molecule has 0 saturated heterocycles. The van der Waals surface area contributed by atoms with Crippen molar-refractivity contribution in [1.82, 2.24) is 0 Å². The average Bonchev–Trinajstić information content (AvgIpc) is 2.14. The van der Waals surface area contributed by atoms with Gasteiger partial charge in [0.25, 0.3) is 0 Å². The Morgan fingerprint density at radius 2 is 2.14 bits per heavy atom. The molecule has 1 aromatic rings. The number of carbonyl (C=O) groups is 1. The standard InChI is InChI=1S/C12H16O2/c1-9(2)11-5-4-10(3)8-12(11)14-7-6-13/h4-6,8-9H,7H2,1-3H3. The molecular weight excluding hydrogens is 176 g/mol. The Morgan fingerprint density at radius 3 is 2.71 bits per heavy atom. The molecule has 2 nitrogen and oxygen atoms in total. The van der Waals surface area contributed by atoms with Gasteiger partial charge in [0.15, 0.2) is 6.29 Å². The second kappa shape index (κ2) is 4.80. The van der Waals surface area contributed by atoms with Gasteiger partial charge in [0, 0.05) is 0 Å². The van der Waals surface area contributed by atoms with E-state index in [0.29, 0.717) is 5.92 Å². The number of benzene rings is 1. The SMILES string of the molecule is Cc1ccc(C(C)C)c(OCC=O)c1. The minimum absolute atomic E-state index is 0.128. The Labute approximate surface area is 84.9 Å². The summed E-state index contributed by atoms with van der Waals surface area (Å²) in [6.07, 6.45) is 0.770. The molecular formula is C12H16O2. The Bertz CT molecular complexity index is 316. The number of ether oxygens (including phenoxy) is 1. The third-order valence-corrected chi connectivity index (χ3v) is 2.10. The molecule has 14 heavy (non-hydrogen) atoms. The van der Waals surface area contributed by atoms with Crippen molar-refractivity contribution in [2.75, 3.05) is 6.61 Å². The summed E-state index contributed by atoms with van der Waals surface area (Å²) in [4.78, 5) is 10.2. The Kier molecular flexibility index (Phi) is 3.69. The van der Waals surface area contributed by atoms with Gasteiger partial charge in [0.05, 0.1) is 0 Å². The summed E-state index contributed by atoms with van der Waals surface area (Å²) in [5, 5.41) is 0. The van der Waals surface area contributed by atoms with Crippen LogP contribution in [0.2, 0.25) is 0 Å². The molecule has 0 saturated carbocycles. The Hall–Kier alpha value is -1.31. The first kappa shape index (κ1) is 10.8. The summed E-state index contributed by atoms with van der Waals surface area (Å²) in [7, 11) is 0. The molecule has 1 aromatic carbocycles. The summed E-state index contributed by atoms with van der Waals surface area (Å²) in [5.74, 6) is 1.24. The molecule has 0 N–H and O–H groups in total. The molecule has 0 amide bonds. The maximum absolute atomic E-state index is 10.2. The largest absolute Gasteiger partial charge is 0.486 e. The Morgan fingerprint density at radius 1 is 1.43 bits per heavy atom. The smallest absolute Gasteiger partial charge is 0.157 e. The Balaban J connectivity index is 2.96. The van der Waals surface area contributed by atoms with Gasteiger partial charge in [-0.1, -0.05) is 26.0 Å². The monoisotopic (exact) mass is 192 g/mol. The molecule has 2 heteroatoms. The van der Waals surface area contributed by atoms with Crippen LogP contribution in [0.4, 0.5) is 0 Å². The predicted octanol–water partition coefficient (Wildman–Crippen LogP) is 2.70. The summed E-state index contributed by atoms with van der Waals surface area (Å²) < 4.78 is 5.36. The highest BCUT2D eigenvalue weighted by Gasteiger charge is 2.07. The molecule has 0 radical (unpaired) electrons. The summed E-state index contributed by atoms with van der Waals surface area (Å²) >= 11 is 0. The van der Waals surface area contributed by atoms with Crippen LogP contribution in [0, 0.1) is 6.92 Å². The molecule has 0 bridgehead atoms. The van der Waals surface area contributed by atoms with Crippen LogP contribution in [-0.2, 0) is 4.79 Å². The third-order valence-electron chi connectivity index (χ3n) is 2.10. The molecule has 76 valence electrons. The lowest BCUT2D eigenvalue weighted by atomic mass is 10.0. The fourth-order valence-electron chi connectivity index (χ4n) is 1.37. The molecule has 0 spiro atoms. The number of hydrogen-bond donors (Lipinski definition) is 0. The molecule has 0 fully saturated rings. The molecule has 0 aliphatic carbocycles. The van der Waals surface area contributed by atoms with Crippen LogP contribution in [0.5, 0.6) is 5.75 Å². The number of carbonyl (C=O) groups excluding carboxylic acids is 1. The zero-order valence-electron chi connectivity index (χ0n) is 8.91. The van der Waals surface area contributed by atoms with Crippen molar-refractivity contribution >= 4 is 6.29 Å². The van der Waals surface area contributed by atoms with Gasteiger partial charge in [-0.05, 0) is 30.0 Å². The van der Waals surface area contributed by atoms with Crippen LogP contribution in [0.3, 0.4) is 0 Å². The van der Waals surface area contributed by atoms with E-state index in [9.17, 15) is 4.79 Å². The minimum Gasteiger partial charge on any atom is -0.486 e. The number of rotatable bonds is 4. The predicted molar refractivity (Wildman–Crippen MR) is 56.8 cm³/mol. The van der Waals surface area contributed by atoms with E-state index in [-0.39, 0.29) is 6.61 Å². The highest BCUT2D eigenvalue weighted by Crippen LogP contribution is 2.27. The van der Waals surface area contributed by atoms with Crippen LogP contribution >= 0.6 is 0 Å². The highest BCUT2D eigenvalue weighted by molar-refractivity contribution is 5.52. The lowest BCUT2D eigenvalue weighted by molar-refractivity contribution is -0.109. The molecule has 1 rings (SSSR count). The molecule has 0 aliphatic rings. The summed E-state index contributed by atoms with van der Waals surface area (Å²) in [6, 6.07) is 6.09. The van der Waals surface area contributed by atoms with E-state index < -0.39 is 0 Å². The fraction of sp³-hybridized carbons (Fsp3) is 0.417. The van der Waals surface area contributed by atoms with Crippen molar-refractivity contribution in [2.24, 2.45) is 0 Å². The van der Waals surface area contributed by atoms with Crippen molar-refractivity contribution in [1.29, 1.82) is 0 Å². The van der Waals surface area contributed by atoms with Gasteiger partial charge in [-0.15, -0.1) is 0 Å². The van der Waals surface area contributed by atoms with E-state index in [1.54, 1.807) is 0 Å². The fourth-order valence-corrected chi connectivity index (χ4v) is 1.37. The van der Waals surface area contributed by atoms with E-state index in [1.165, 1.54) is 0 Å². The van der Waals surface area contributed by atoms with E-state index >= 15 is 0 Å². The lowest BCUT2D eigenvalue weighted by Gasteiger charge is -2.13. The van der Waals surface area contributed by atoms with Crippen molar-refractivity contribution in [3.8, 4) is 5.75 Å². The number of aryl methyl sites for hydroxylation is 1. The molecule has 0 unspecified atom stereocenters. The van der Waals surface area contributed by atoms with Crippen molar-refractivity contribution in [3.05, 3.63) is 29.3 Å². The lowest BCUT2D eigenvalue weighted by Crippen LogP contribution is -2.02. The van der Waals surface area contributed by atoms with E-state index in [2.05, 4.69) is 26.0 Å². The summed E-state index contributed by atoms with van der Waals surface area (Å²) in [6.45, 7) is 6.36. The first-order valence-corrected chi connectivity index (χ1v) is 4.82. The van der Waals surface area contributed by atoms with E-state index in [4.69, 9.17) is 4.74 Å². The van der Waals surface area contributed by atoms with E-state index in [1.807, 2.05) is 13.0 Å². The average molecular weight is 192 g/mol. The van der Waals surface area contributed by atoms with Crippen molar-refractivity contribution in [3.63, 3.8) is 0 Å². The number of hydrogen-bond acceptors (Lipinski definition) is 2. The van der Waals surface area contributed by atoms with Gasteiger partial charge in [-0.3, -0.25) is 4.79 Å². The van der Waals surface area contributed by atoms with Crippen LogP contribution < -0.4 is 4.74 Å². The molecule has 0 heterocycles. The normalized spacial score (nSPS) is 10.3. The van der Waals surface area contributed by atoms with Crippen molar-refractivity contribution in [2.45, 2.75) is 26.7 Å². The minimum atomic E-state index is 0.128. The van der Waals surface area contributed by atoms with Crippen LogP contribution in [0.1, 0.15) is 30.9 Å². The van der Waals surface area contributed by atoms with E-state index in [0.717, 1.165) is 23.2 Å². The van der Waals surface area contributed by atoms with Gasteiger partial charge in [-0.25, -0.2) is 0 Å². The third kappa shape index (κ3) is 2.59. The number of aldehydes is 1. The molecule has 0 aliphatic heterocycles. The van der Waals surface area contributed by atoms with Crippen LogP contribution in [0.25, 0.3) is 0 Å². The maximum Gasteiger partial charge on any atom is 0.157 e. The topological polar surface area (TPSA) is 26.3 Å². The molecule has 0 aromatic heterocycles. The van der Waals surface area contributed by atoms with Gasteiger partial charge < -0.3 is 4.74 Å². The highest BCUT2D eigenvalue weighted by atomic mass is 16.5. The van der Waals surface area contributed by atoms with Crippen LogP contribution in [-0.4, -0.2) is 12.9 Å². The van der Waals surface area contributed by atoms with Gasteiger partial charge in [0.1, 0.15) is 12.4 Å². The van der Waals surface area contributed by atoms with Crippen LogP contribution in [0.15, 0.2) is 18.2 Å². The molecule has 0 atom stereocenters. The van der Waals surface area contributed by atoms with Gasteiger partial charge in [0.2, 0.25) is 0 Å². The summed E-state index contributed by atoms with van der Waals surface area (Å²) in [5.41, 5.74) is 2.30. The quantitative estimate of drug-likeness (QED) is 0.685.